The number of ether oxygens (including phenoxy) is 1. The maximum Gasteiger partial charge on any atom is 0.310 e. The van der Waals surface area contributed by atoms with Crippen LogP contribution in [0, 0.1) is 34.9 Å². The third kappa shape index (κ3) is 2.13. The van der Waals surface area contributed by atoms with Crippen LogP contribution >= 0.6 is 15.9 Å². The topological polar surface area (TPSA) is 68.3 Å². The zero-order valence-electron chi connectivity index (χ0n) is 13.0. The van der Waals surface area contributed by atoms with Crippen molar-refractivity contribution < 1.29 is 18.7 Å². The Labute approximate surface area is 146 Å². The van der Waals surface area contributed by atoms with Crippen LogP contribution in [-0.2, 0) is 14.3 Å². The molecule has 1 amide bonds. The Bertz CT molecular complexity index is 762. The van der Waals surface area contributed by atoms with Gasteiger partial charge in [-0.1, -0.05) is 12.2 Å². The number of carbonyl (C=O) groups excluding carboxylic acids is 2. The van der Waals surface area contributed by atoms with Crippen LogP contribution < -0.4 is 5.32 Å². The maximum atomic E-state index is 13.6. The number of nitrogens with one attached hydrogen (secondary N) is 1. The second-order valence-corrected chi connectivity index (χ2v) is 7.48. The lowest BCUT2D eigenvalue weighted by atomic mass is 9.82. The van der Waals surface area contributed by atoms with Crippen molar-refractivity contribution in [2.45, 2.75) is 12.8 Å². The molecule has 7 heteroatoms. The average molecular weight is 395 g/mol. The van der Waals surface area contributed by atoms with E-state index in [0.29, 0.717) is 0 Å². The first-order valence-corrected chi connectivity index (χ1v) is 8.65. The largest absolute Gasteiger partial charge is 0.469 e. The number of pyridine rings is 1. The second kappa shape index (κ2) is 5.37. The molecule has 0 saturated heterocycles. The molecule has 126 valence electrons. The van der Waals surface area contributed by atoms with E-state index in [2.05, 4.69) is 38.4 Å². The summed E-state index contributed by atoms with van der Waals surface area (Å²) in [5.41, 5.74) is 0.324. The number of esters is 1. The summed E-state index contributed by atoms with van der Waals surface area (Å²) in [7, 11) is 1.35. The van der Waals surface area contributed by atoms with Gasteiger partial charge in [0, 0.05) is 6.07 Å². The zero-order chi connectivity index (χ0) is 17.1. The van der Waals surface area contributed by atoms with Crippen LogP contribution in [0.4, 0.5) is 10.1 Å². The first kappa shape index (κ1) is 15.7. The van der Waals surface area contributed by atoms with Gasteiger partial charge in [0.15, 0.2) is 5.82 Å². The van der Waals surface area contributed by atoms with Crippen LogP contribution in [0.25, 0.3) is 0 Å². The predicted octanol–water partition coefficient (Wildman–Crippen LogP) is 2.92. The van der Waals surface area contributed by atoms with E-state index in [1.54, 1.807) is 0 Å². The molecule has 1 aromatic heterocycles. The summed E-state index contributed by atoms with van der Waals surface area (Å²) in [6.45, 7) is 0. The third-order valence-electron chi connectivity index (χ3n) is 5.68. The minimum absolute atomic E-state index is 0.0415. The minimum Gasteiger partial charge on any atom is -0.469 e. The normalized spacial score (nSPS) is 31.3. The molecule has 3 aliphatic carbocycles. The lowest BCUT2D eigenvalue weighted by molar-refractivity contribution is -0.150. The Morgan fingerprint density at radius 1 is 1.33 bits per heavy atom. The molecular formula is C17H16BrFN2O3. The van der Waals surface area contributed by atoms with Gasteiger partial charge in [0.25, 0.3) is 0 Å². The van der Waals surface area contributed by atoms with Crippen LogP contribution in [0.3, 0.4) is 0 Å². The number of rotatable bonds is 3. The molecule has 3 aliphatic rings. The summed E-state index contributed by atoms with van der Waals surface area (Å²) in [5, 5.41) is 2.71. The van der Waals surface area contributed by atoms with Gasteiger partial charge >= 0.3 is 5.97 Å². The first-order valence-electron chi connectivity index (χ1n) is 7.86. The minimum atomic E-state index is -0.552. The molecule has 2 saturated carbocycles. The van der Waals surface area contributed by atoms with Gasteiger partial charge in [0.1, 0.15) is 4.60 Å². The molecule has 24 heavy (non-hydrogen) atoms. The summed E-state index contributed by atoms with van der Waals surface area (Å²) in [4.78, 5) is 28.9. The van der Waals surface area contributed by atoms with Crippen molar-refractivity contribution in [2.24, 2.45) is 29.1 Å². The highest BCUT2D eigenvalue weighted by Gasteiger charge is 2.70. The zero-order valence-corrected chi connectivity index (χ0v) is 14.5. The van der Waals surface area contributed by atoms with E-state index in [1.165, 1.54) is 19.4 Å². The van der Waals surface area contributed by atoms with E-state index in [0.717, 1.165) is 12.8 Å². The molecule has 0 aromatic carbocycles. The van der Waals surface area contributed by atoms with E-state index >= 15 is 0 Å². The smallest absolute Gasteiger partial charge is 0.310 e. The van der Waals surface area contributed by atoms with Crippen LogP contribution in [0.2, 0.25) is 0 Å². The highest BCUT2D eigenvalue weighted by molar-refractivity contribution is 9.10. The van der Waals surface area contributed by atoms with Gasteiger partial charge in [0.2, 0.25) is 5.91 Å². The predicted molar refractivity (Wildman–Crippen MR) is 87.3 cm³/mol. The van der Waals surface area contributed by atoms with Gasteiger partial charge in [-0.3, -0.25) is 9.59 Å². The van der Waals surface area contributed by atoms with Crippen molar-refractivity contribution >= 4 is 33.5 Å². The van der Waals surface area contributed by atoms with Crippen LogP contribution in [0.15, 0.2) is 29.0 Å². The number of anilines is 1. The molecule has 2 bridgehead atoms. The van der Waals surface area contributed by atoms with Crippen molar-refractivity contribution in [1.29, 1.82) is 0 Å². The van der Waals surface area contributed by atoms with E-state index < -0.39 is 17.7 Å². The molecule has 4 atom stereocenters. The van der Waals surface area contributed by atoms with Gasteiger partial charge in [0.05, 0.1) is 30.8 Å². The number of hydrogen-bond acceptors (Lipinski definition) is 4. The Hall–Kier alpha value is -1.76. The van der Waals surface area contributed by atoms with E-state index in [1.807, 2.05) is 0 Å². The Kier molecular flexibility index (Phi) is 3.53. The molecular weight excluding hydrogens is 379 g/mol. The average Bonchev–Trinajstić information content (AvgIpc) is 3.23. The number of carbonyl (C=O) groups is 2. The Morgan fingerprint density at radius 2 is 2.00 bits per heavy atom. The Balaban J connectivity index is 1.61. The molecule has 1 aromatic rings. The fourth-order valence-corrected chi connectivity index (χ4v) is 4.74. The molecule has 1 heterocycles. The van der Waals surface area contributed by atoms with E-state index in [4.69, 9.17) is 4.74 Å². The molecule has 1 unspecified atom stereocenters. The summed E-state index contributed by atoms with van der Waals surface area (Å²) < 4.78 is 18.6. The summed E-state index contributed by atoms with van der Waals surface area (Å²) in [5.74, 6) is -2.04. The van der Waals surface area contributed by atoms with Crippen molar-refractivity contribution in [3.63, 3.8) is 0 Å². The standard InChI is InChI=1S/C17H16BrFN2O3/c1-24-16(23)13-10-3-2-9(17(10)4-5-17)12(13)15(22)21-8-6-11(19)14(18)20-7-8/h2-3,6-7,9-10,12-13H,4-5H2,1H3,(H,21,22)/t9-,10+,12?,13+/m0/s1. The maximum absolute atomic E-state index is 13.6. The van der Waals surface area contributed by atoms with Crippen molar-refractivity contribution in [3.05, 3.63) is 34.8 Å². The van der Waals surface area contributed by atoms with Crippen LogP contribution in [-0.4, -0.2) is 24.0 Å². The molecule has 0 aliphatic heterocycles. The molecule has 0 radical (unpaired) electrons. The number of allylic oxidation sites excluding steroid dienone is 2. The van der Waals surface area contributed by atoms with Crippen molar-refractivity contribution in [2.75, 3.05) is 12.4 Å². The molecule has 1 spiro atoms. The van der Waals surface area contributed by atoms with Gasteiger partial charge in [-0.25, -0.2) is 9.37 Å². The summed E-state index contributed by atoms with van der Waals surface area (Å²) in [6, 6.07) is 1.21. The van der Waals surface area contributed by atoms with E-state index in [-0.39, 0.29) is 39.4 Å². The SMILES string of the molecule is COC(=O)[C@H]1C(C(=O)Nc2cnc(Br)c(F)c2)[C@@H]2C=C[C@H]1C21CC1. The number of hydrogen-bond donors (Lipinski definition) is 1. The highest BCUT2D eigenvalue weighted by Crippen LogP contribution is 2.72. The number of methoxy groups -OCH3 is 1. The van der Waals surface area contributed by atoms with Crippen molar-refractivity contribution in [1.82, 2.24) is 4.98 Å². The van der Waals surface area contributed by atoms with Gasteiger partial charge < -0.3 is 10.1 Å². The van der Waals surface area contributed by atoms with Gasteiger partial charge in [-0.15, -0.1) is 0 Å². The lowest BCUT2D eigenvalue weighted by Crippen LogP contribution is -2.37. The monoisotopic (exact) mass is 394 g/mol. The third-order valence-corrected chi connectivity index (χ3v) is 6.26. The van der Waals surface area contributed by atoms with Crippen LogP contribution in [0.1, 0.15) is 12.8 Å². The molecule has 5 nitrogen and oxygen atoms in total. The van der Waals surface area contributed by atoms with E-state index in [9.17, 15) is 14.0 Å². The summed E-state index contributed by atoms with van der Waals surface area (Å²) in [6.07, 6.45) is 7.56. The second-order valence-electron chi connectivity index (χ2n) is 6.73. The summed E-state index contributed by atoms with van der Waals surface area (Å²) >= 11 is 2.98. The Morgan fingerprint density at radius 3 is 2.58 bits per heavy atom. The van der Waals surface area contributed by atoms with Gasteiger partial charge in [-0.05, 0) is 46.0 Å². The molecule has 1 N–H and O–H groups in total. The van der Waals surface area contributed by atoms with Gasteiger partial charge in [-0.2, -0.15) is 0 Å². The number of aromatic nitrogens is 1. The van der Waals surface area contributed by atoms with Crippen molar-refractivity contribution in [3.8, 4) is 0 Å². The quantitative estimate of drug-likeness (QED) is 0.486. The lowest BCUT2D eigenvalue weighted by Gasteiger charge is -2.24. The number of halogens is 2. The fraction of sp³-hybridized carbons (Fsp3) is 0.471. The number of nitrogens with zero attached hydrogens (tertiary/aromatic N) is 1. The number of amides is 1. The van der Waals surface area contributed by atoms with Crippen LogP contribution in [0.5, 0.6) is 0 Å². The molecule has 2 fully saturated rings. The highest BCUT2D eigenvalue weighted by atomic mass is 79.9. The first-order chi connectivity index (χ1) is 11.5. The molecule has 4 rings (SSSR count). The fourth-order valence-electron chi connectivity index (χ4n) is 4.53.